The number of hydrogen-bond acceptors (Lipinski definition) is 7. The van der Waals surface area contributed by atoms with Crippen LogP contribution in [0.5, 0.6) is 0 Å². The molecule has 0 aromatic heterocycles. The lowest BCUT2D eigenvalue weighted by Crippen LogP contribution is -2.12. The molecule has 0 rings (SSSR count). The third-order valence-electron chi connectivity index (χ3n) is 1.56. The second-order valence-electron chi connectivity index (χ2n) is 3.21. The van der Waals surface area contributed by atoms with Crippen LogP contribution >= 0.6 is 0 Å². The summed E-state index contributed by atoms with van der Waals surface area (Å²) in [5.41, 5.74) is 0. The summed E-state index contributed by atoms with van der Waals surface area (Å²) >= 11 is 0. The van der Waals surface area contributed by atoms with Crippen molar-refractivity contribution in [1.29, 1.82) is 0 Å². The zero-order valence-corrected chi connectivity index (χ0v) is 12.4. The van der Waals surface area contributed by atoms with E-state index in [1.165, 1.54) is 0 Å². The Morgan fingerprint density at radius 1 is 0.750 bits per heavy atom. The molecule has 0 unspecified atom stereocenters. The van der Waals surface area contributed by atoms with Gasteiger partial charge in [0.2, 0.25) is 0 Å². The van der Waals surface area contributed by atoms with Gasteiger partial charge < -0.3 is 24.1 Å². The maximum absolute atomic E-state index is 8.74. The lowest BCUT2D eigenvalue weighted by atomic mass is 10.7. The first kappa shape index (κ1) is 22.0. The Kier molecular flexibility index (Phi) is 18.4. The van der Waals surface area contributed by atoms with Crippen molar-refractivity contribution in [3.63, 3.8) is 0 Å². The fourth-order valence-electron chi connectivity index (χ4n) is 0.869. The Hall–Kier alpha value is -0.330. The molecule has 0 bridgehead atoms. The largest absolute Gasteiger partial charge is 0.394 e. The number of rotatable bonds is 12. The highest BCUT2D eigenvalue weighted by atomic mass is 32.3. The van der Waals surface area contributed by atoms with Crippen molar-refractivity contribution < 1.29 is 41.6 Å². The van der Waals surface area contributed by atoms with Crippen molar-refractivity contribution in [1.82, 2.24) is 0 Å². The minimum Gasteiger partial charge on any atom is -0.394 e. The van der Waals surface area contributed by atoms with Gasteiger partial charge in [0.15, 0.2) is 0 Å². The van der Waals surface area contributed by atoms with Crippen molar-refractivity contribution in [3.8, 4) is 0 Å². The summed E-state index contributed by atoms with van der Waals surface area (Å²) in [6, 6.07) is 0. The predicted octanol–water partition coefficient (Wildman–Crippen LogP) is -0.588. The van der Waals surface area contributed by atoms with Crippen LogP contribution in [0, 0.1) is 0 Å². The Balaban J connectivity index is 0. The fraction of sp³-hybridized carbons (Fsp3) is 1.00. The molecule has 0 spiro atoms. The molecule has 3 N–H and O–H groups in total. The summed E-state index contributed by atoms with van der Waals surface area (Å²) in [5.74, 6) is 0. The van der Waals surface area contributed by atoms with Gasteiger partial charge in [-0.15, -0.1) is 0 Å². The molecule has 20 heavy (non-hydrogen) atoms. The average Bonchev–Trinajstić information content (AvgIpc) is 2.34. The Bertz CT molecular complexity index is 248. The second-order valence-corrected chi connectivity index (χ2v) is 4.10. The van der Waals surface area contributed by atoms with Crippen LogP contribution in [-0.4, -0.2) is 82.1 Å². The quantitative estimate of drug-likeness (QED) is 0.319. The van der Waals surface area contributed by atoms with Gasteiger partial charge in [0.25, 0.3) is 0 Å². The smallest absolute Gasteiger partial charge is 0.394 e. The zero-order valence-electron chi connectivity index (χ0n) is 11.6. The van der Waals surface area contributed by atoms with Crippen LogP contribution in [-0.2, 0) is 29.3 Å². The molecule has 0 amide bonds. The van der Waals surface area contributed by atoms with Crippen molar-refractivity contribution in [2.75, 3.05) is 59.5 Å². The molecule has 124 valence electrons. The maximum Gasteiger partial charge on any atom is 0.394 e. The van der Waals surface area contributed by atoms with E-state index >= 15 is 0 Å². The van der Waals surface area contributed by atoms with E-state index in [0.29, 0.717) is 46.2 Å². The highest BCUT2D eigenvalue weighted by Crippen LogP contribution is 1.82. The van der Waals surface area contributed by atoms with Crippen LogP contribution in [0.1, 0.15) is 6.92 Å². The van der Waals surface area contributed by atoms with Gasteiger partial charge in [0.1, 0.15) is 0 Å². The van der Waals surface area contributed by atoms with Crippen LogP contribution in [0.15, 0.2) is 0 Å². The Morgan fingerprint density at radius 2 is 1.05 bits per heavy atom. The van der Waals surface area contributed by atoms with Gasteiger partial charge in [-0.1, -0.05) is 0 Å². The SMILES string of the molecule is CCOCCOCCOCCOCCO.O=S(=O)(O)O. The third-order valence-corrected chi connectivity index (χ3v) is 1.56. The molecule has 0 saturated heterocycles. The topological polar surface area (TPSA) is 132 Å². The van der Waals surface area contributed by atoms with Gasteiger partial charge in [-0.2, -0.15) is 8.42 Å². The fourth-order valence-corrected chi connectivity index (χ4v) is 0.869. The first-order valence-corrected chi connectivity index (χ1v) is 7.43. The van der Waals surface area contributed by atoms with Crippen LogP contribution in [0.2, 0.25) is 0 Å². The van der Waals surface area contributed by atoms with E-state index in [4.69, 9.17) is 41.6 Å². The summed E-state index contributed by atoms with van der Waals surface area (Å²) in [7, 11) is -4.67. The molecule has 0 aromatic rings. The van der Waals surface area contributed by atoms with E-state index in [9.17, 15) is 0 Å². The second kappa shape index (κ2) is 16.7. The van der Waals surface area contributed by atoms with E-state index in [1.807, 2.05) is 6.92 Å². The molecule has 0 aromatic carbocycles. The number of hydrogen-bond donors (Lipinski definition) is 3. The Morgan fingerprint density at radius 3 is 1.35 bits per heavy atom. The molecule has 0 fully saturated rings. The standard InChI is InChI=1S/C10H22O5.H2O4S/c1-2-12-5-6-14-9-10-15-8-7-13-4-3-11;1-5(2,3)4/h11H,2-10H2,1H3;(H2,1,2,3,4). The van der Waals surface area contributed by atoms with Gasteiger partial charge in [0, 0.05) is 6.61 Å². The lowest BCUT2D eigenvalue weighted by Gasteiger charge is -2.06. The minimum absolute atomic E-state index is 0.0561. The molecule has 0 aliphatic carbocycles. The van der Waals surface area contributed by atoms with E-state index in [1.54, 1.807) is 0 Å². The molecule has 0 aliphatic rings. The van der Waals surface area contributed by atoms with Crippen molar-refractivity contribution >= 4 is 10.4 Å². The van der Waals surface area contributed by atoms with Gasteiger partial charge >= 0.3 is 10.4 Å². The molecular weight excluding hydrogens is 296 g/mol. The summed E-state index contributed by atoms with van der Waals surface area (Å²) in [4.78, 5) is 0. The number of ether oxygens (including phenoxy) is 4. The van der Waals surface area contributed by atoms with E-state index in [0.717, 1.165) is 6.61 Å². The molecule has 0 atom stereocenters. The molecule has 0 saturated carbocycles. The zero-order chi connectivity index (χ0) is 15.7. The lowest BCUT2D eigenvalue weighted by molar-refractivity contribution is -0.00438. The Labute approximate surface area is 119 Å². The van der Waals surface area contributed by atoms with Gasteiger partial charge in [0.05, 0.1) is 52.9 Å². The normalized spacial score (nSPS) is 11.0. The first-order chi connectivity index (χ1) is 9.41. The maximum atomic E-state index is 8.74. The third kappa shape index (κ3) is 36.1. The number of aliphatic hydroxyl groups is 1. The van der Waals surface area contributed by atoms with Crippen LogP contribution in [0.25, 0.3) is 0 Å². The van der Waals surface area contributed by atoms with E-state index in [-0.39, 0.29) is 6.61 Å². The highest BCUT2D eigenvalue weighted by molar-refractivity contribution is 7.79. The van der Waals surface area contributed by atoms with Crippen LogP contribution < -0.4 is 0 Å². The molecule has 0 radical (unpaired) electrons. The van der Waals surface area contributed by atoms with Crippen LogP contribution in [0.4, 0.5) is 0 Å². The average molecular weight is 320 g/mol. The van der Waals surface area contributed by atoms with E-state index in [2.05, 4.69) is 0 Å². The first-order valence-electron chi connectivity index (χ1n) is 6.03. The van der Waals surface area contributed by atoms with Crippen molar-refractivity contribution in [2.24, 2.45) is 0 Å². The predicted molar refractivity (Wildman–Crippen MR) is 70.2 cm³/mol. The van der Waals surface area contributed by atoms with E-state index < -0.39 is 10.4 Å². The van der Waals surface area contributed by atoms with Gasteiger partial charge in [-0.25, -0.2) is 0 Å². The monoisotopic (exact) mass is 320 g/mol. The molecule has 9 nitrogen and oxygen atoms in total. The summed E-state index contributed by atoms with van der Waals surface area (Å²) in [6.07, 6.45) is 0. The molecular formula is C10H24O9S. The molecule has 0 aliphatic heterocycles. The highest BCUT2D eigenvalue weighted by Gasteiger charge is 1.91. The summed E-state index contributed by atoms with van der Waals surface area (Å²) < 4.78 is 52.1. The molecule has 10 heteroatoms. The summed E-state index contributed by atoms with van der Waals surface area (Å²) in [5, 5.41) is 8.41. The van der Waals surface area contributed by atoms with Gasteiger partial charge in [-0.3, -0.25) is 9.11 Å². The minimum atomic E-state index is -4.67. The van der Waals surface area contributed by atoms with Gasteiger partial charge in [-0.05, 0) is 6.92 Å². The number of aliphatic hydroxyl groups excluding tert-OH is 1. The molecule has 0 heterocycles. The van der Waals surface area contributed by atoms with Crippen molar-refractivity contribution in [2.45, 2.75) is 6.92 Å². The van der Waals surface area contributed by atoms with Crippen molar-refractivity contribution in [3.05, 3.63) is 0 Å². The van der Waals surface area contributed by atoms with Crippen LogP contribution in [0.3, 0.4) is 0 Å². The summed E-state index contributed by atoms with van der Waals surface area (Å²) in [6.45, 7) is 6.54.